The number of oxime groups is 1. The van der Waals surface area contributed by atoms with E-state index in [0.29, 0.717) is 19.4 Å². The van der Waals surface area contributed by atoms with E-state index in [9.17, 15) is 4.79 Å². The van der Waals surface area contributed by atoms with Gasteiger partial charge in [-0.05, 0) is 18.6 Å². The molecule has 0 spiro atoms. The summed E-state index contributed by atoms with van der Waals surface area (Å²) in [6.07, 6.45) is 3.55. The van der Waals surface area contributed by atoms with E-state index in [2.05, 4.69) is 10.5 Å². The lowest BCUT2D eigenvalue weighted by Gasteiger charge is -2.14. The predicted octanol–water partition coefficient (Wildman–Crippen LogP) is 1.10. The van der Waals surface area contributed by atoms with E-state index < -0.39 is 5.92 Å². The summed E-state index contributed by atoms with van der Waals surface area (Å²) in [5.74, 6) is -0.0335. The number of amides is 1. The molecule has 4 N–H and O–H groups in total. The molecule has 6 heteroatoms. The van der Waals surface area contributed by atoms with Crippen LogP contribution in [0.3, 0.4) is 0 Å². The van der Waals surface area contributed by atoms with E-state index >= 15 is 0 Å². The van der Waals surface area contributed by atoms with E-state index in [0.717, 1.165) is 12.2 Å². The Bertz CT molecular complexity index is 387. The van der Waals surface area contributed by atoms with Gasteiger partial charge in [-0.2, -0.15) is 0 Å². The lowest BCUT2D eigenvalue weighted by molar-refractivity contribution is -0.123. The van der Waals surface area contributed by atoms with Crippen molar-refractivity contribution in [1.82, 2.24) is 5.32 Å². The van der Waals surface area contributed by atoms with Gasteiger partial charge in [0.05, 0.1) is 12.2 Å². The zero-order valence-corrected chi connectivity index (χ0v) is 10.4. The van der Waals surface area contributed by atoms with Gasteiger partial charge in [0, 0.05) is 13.0 Å². The second-order valence-electron chi connectivity index (χ2n) is 3.99. The molecule has 18 heavy (non-hydrogen) atoms. The van der Waals surface area contributed by atoms with Crippen LogP contribution < -0.4 is 11.1 Å². The van der Waals surface area contributed by atoms with Gasteiger partial charge in [0.1, 0.15) is 5.76 Å². The van der Waals surface area contributed by atoms with Crippen LogP contribution in [0.1, 0.15) is 25.5 Å². The molecule has 0 aromatic carbocycles. The molecule has 6 nitrogen and oxygen atoms in total. The van der Waals surface area contributed by atoms with Crippen molar-refractivity contribution in [3.8, 4) is 0 Å². The summed E-state index contributed by atoms with van der Waals surface area (Å²) in [6, 6.07) is 3.65. The van der Waals surface area contributed by atoms with E-state index in [1.54, 1.807) is 12.3 Å². The Labute approximate surface area is 106 Å². The Morgan fingerprint density at radius 3 is 3.00 bits per heavy atom. The van der Waals surface area contributed by atoms with Crippen LogP contribution in [0, 0.1) is 5.92 Å². The molecule has 1 aromatic heterocycles. The summed E-state index contributed by atoms with van der Waals surface area (Å²) >= 11 is 0. The van der Waals surface area contributed by atoms with Crippen molar-refractivity contribution in [2.75, 3.05) is 6.54 Å². The zero-order chi connectivity index (χ0) is 13.4. The molecule has 1 amide bonds. The summed E-state index contributed by atoms with van der Waals surface area (Å²) in [7, 11) is 0. The summed E-state index contributed by atoms with van der Waals surface area (Å²) in [4.78, 5) is 11.8. The van der Waals surface area contributed by atoms with Gasteiger partial charge in [-0.25, -0.2) is 0 Å². The van der Waals surface area contributed by atoms with Crippen molar-refractivity contribution in [2.45, 2.75) is 26.2 Å². The fourth-order valence-electron chi connectivity index (χ4n) is 1.66. The molecule has 0 saturated heterocycles. The molecule has 0 radical (unpaired) electrons. The largest absolute Gasteiger partial charge is 0.469 e. The number of furan rings is 1. The number of carbonyl (C=O) groups excluding carboxylic acids is 1. The fourth-order valence-corrected chi connectivity index (χ4v) is 1.66. The quantitative estimate of drug-likeness (QED) is 0.293. The Morgan fingerprint density at radius 2 is 2.44 bits per heavy atom. The second kappa shape index (κ2) is 7.37. The van der Waals surface area contributed by atoms with Crippen molar-refractivity contribution in [3.05, 3.63) is 24.2 Å². The van der Waals surface area contributed by atoms with Crippen LogP contribution in [-0.2, 0) is 11.2 Å². The fraction of sp³-hybridized carbons (Fsp3) is 0.500. The number of carbonyl (C=O) groups is 1. The maximum absolute atomic E-state index is 11.8. The minimum Gasteiger partial charge on any atom is -0.469 e. The molecule has 0 aliphatic rings. The van der Waals surface area contributed by atoms with Crippen LogP contribution >= 0.6 is 0 Å². The molecule has 1 unspecified atom stereocenters. The maximum atomic E-state index is 11.8. The zero-order valence-electron chi connectivity index (χ0n) is 10.4. The molecule has 100 valence electrons. The van der Waals surface area contributed by atoms with E-state index in [1.807, 2.05) is 13.0 Å². The van der Waals surface area contributed by atoms with Crippen molar-refractivity contribution < 1.29 is 14.4 Å². The number of hydrogen-bond donors (Lipinski definition) is 3. The normalized spacial score (nSPS) is 13.3. The highest BCUT2D eigenvalue weighted by molar-refractivity contribution is 6.02. The first-order valence-electron chi connectivity index (χ1n) is 5.96. The highest BCUT2D eigenvalue weighted by atomic mass is 16.4. The molecule has 1 rings (SSSR count). The standard InChI is InChI=1S/C12H19N3O3/c1-2-4-10(11(13)15-17)12(16)14-7-6-9-5-3-8-18-9/h3,5,8,10,17H,2,4,6-7H2,1H3,(H2,13,15)(H,14,16). The summed E-state index contributed by atoms with van der Waals surface area (Å²) in [6.45, 7) is 2.40. The molecule has 0 saturated carbocycles. The third-order valence-electron chi connectivity index (χ3n) is 2.62. The molecule has 0 aliphatic heterocycles. The van der Waals surface area contributed by atoms with Crippen LogP contribution in [0.15, 0.2) is 28.0 Å². The minimum absolute atomic E-state index is 0.0488. The lowest BCUT2D eigenvalue weighted by atomic mass is 10.0. The van der Waals surface area contributed by atoms with Gasteiger partial charge in [0.25, 0.3) is 0 Å². The molecular formula is C12H19N3O3. The Hall–Kier alpha value is -1.98. The first-order valence-corrected chi connectivity index (χ1v) is 5.96. The third kappa shape index (κ3) is 4.12. The van der Waals surface area contributed by atoms with Crippen LogP contribution in [0.5, 0.6) is 0 Å². The molecule has 0 bridgehead atoms. The van der Waals surface area contributed by atoms with E-state index in [1.165, 1.54) is 0 Å². The SMILES string of the molecule is CCCC(C(=O)NCCc1ccco1)C(N)=NO. The average Bonchev–Trinajstić information content (AvgIpc) is 2.88. The number of nitrogens with two attached hydrogens (primary N) is 1. The summed E-state index contributed by atoms with van der Waals surface area (Å²) in [5, 5.41) is 14.3. The third-order valence-corrected chi connectivity index (χ3v) is 2.62. The minimum atomic E-state index is -0.573. The Balaban J connectivity index is 2.41. The molecule has 1 heterocycles. The second-order valence-corrected chi connectivity index (χ2v) is 3.99. The highest BCUT2D eigenvalue weighted by Gasteiger charge is 2.21. The van der Waals surface area contributed by atoms with Gasteiger partial charge < -0.3 is 20.7 Å². The molecule has 0 aliphatic carbocycles. The smallest absolute Gasteiger partial charge is 0.230 e. The van der Waals surface area contributed by atoms with E-state index in [-0.39, 0.29) is 11.7 Å². The summed E-state index contributed by atoms with van der Waals surface area (Å²) in [5.41, 5.74) is 5.49. The maximum Gasteiger partial charge on any atom is 0.230 e. The van der Waals surface area contributed by atoms with Gasteiger partial charge >= 0.3 is 0 Å². The van der Waals surface area contributed by atoms with Gasteiger partial charge in [-0.1, -0.05) is 18.5 Å². The van der Waals surface area contributed by atoms with Crippen LogP contribution in [-0.4, -0.2) is 23.5 Å². The first kappa shape index (κ1) is 14.1. The molecule has 1 aromatic rings. The molecule has 1 atom stereocenters. The van der Waals surface area contributed by atoms with Crippen molar-refractivity contribution in [2.24, 2.45) is 16.8 Å². The van der Waals surface area contributed by atoms with Gasteiger partial charge in [-0.15, -0.1) is 0 Å². The predicted molar refractivity (Wildman–Crippen MR) is 67.2 cm³/mol. The van der Waals surface area contributed by atoms with Crippen LogP contribution in [0.25, 0.3) is 0 Å². The Kier molecular flexibility index (Phi) is 5.76. The monoisotopic (exact) mass is 253 g/mol. The van der Waals surface area contributed by atoms with Crippen molar-refractivity contribution in [3.63, 3.8) is 0 Å². The number of rotatable bonds is 7. The highest BCUT2D eigenvalue weighted by Crippen LogP contribution is 2.07. The molecule has 0 fully saturated rings. The van der Waals surface area contributed by atoms with Crippen molar-refractivity contribution in [1.29, 1.82) is 0 Å². The van der Waals surface area contributed by atoms with Gasteiger partial charge in [-0.3, -0.25) is 4.79 Å². The van der Waals surface area contributed by atoms with Gasteiger partial charge in [0.2, 0.25) is 5.91 Å². The first-order chi connectivity index (χ1) is 8.69. The van der Waals surface area contributed by atoms with Crippen LogP contribution in [0.2, 0.25) is 0 Å². The number of amidine groups is 1. The van der Waals surface area contributed by atoms with Crippen molar-refractivity contribution >= 4 is 11.7 Å². The van der Waals surface area contributed by atoms with E-state index in [4.69, 9.17) is 15.4 Å². The Morgan fingerprint density at radius 1 is 1.67 bits per heavy atom. The molecular weight excluding hydrogens is 234 g/mol. The van der Waals surface area contributed by atoms with Gasteiger partial charge in [0.15, 0.2) is 5.84 Å². The number of hydrogen-bond acceptors (Lipinski definition) is 4. The number of nitrogens with zero attached hydrogens (tertiary/aromatic N) is 1. The average molecular weight is 253 g/mol. The van der Waals surface area contributed by atoms with Crippen LogP contribution in [0.4, 0.5) is 0 Å². The lowest BCUT2D eigenvalue weighted by Crippen LogP contribution is -2.39. The number of nitrogens with one attached hydrogen (secondary N) is 1. The topological polar surface area (TPSA) is 101 Å². The summed E-state index contributed by atoms with van der Waals surface area (Å²) < 4.78 is 5.15.